The summed E-state index contributed by atoms with van der Waals surface area (Å²) in [6.45, 7) is 0.434. The molecule has 0 bridgehead atoms. The van der Waals surface area contributed by atoms with E-state index in [0.29, 0.717) is 30.8 Å². The van der Waals surface area contributed by atoms with Crippen molar-refractivity contribution in [1.82, 2.24) is 0 Å². The van der Waals surface area contributed by atoms with E-state index >= 15 is 0 Å². The predicted molar refractivity (Wildman–Crippen MR) is 71.2 cm³/mol. The van der Waals surface area contributed by atoms with Gasteiger partial charge in [0.1, 0.15) is 5.75 Å². The molecule has 0 spiro atoms. The lowest BCUT2D eigenvalue weighted by Crippen LogP contribution is -1.98. The Morgan fingerprint density at radius 3 is 3.00 bits per heavy atom. The zero-order valence-corrected chi connectivity index (χ0v) is 11.2. The maximum absolute atomic E-state index is 10.5. The van der Waals surface area contributed by atoms with Crippen LogP contribution in [0.25, 0.3) is 6.08 Å². The third kappa shape index (κ3) is 5.02. The molecule has 0 aliphatic rings. The molecule has 0 atom stereocenters. The van der Waals surface area contributed by atoms with E-state index in [9.17, 15) is 4.79 Å². The van der Waals surface area contributed by atoms with Crippen molar-refractivity contribution < 1.29 is 14.6 Å². The Kier molecular flexibility index (Phi) is 5.95. The lowest BCUT2D eigenvalue weighted by molar-refractivity contribution is -0.131. The summed E-state index contributed by atoms with van der Waals surface area (Å²) >= 11 is 3.32. The average molecular weight is 310 g/mol. The molecule has 4 nitrogen and oxygen atoms in total. The molecule has 1 rings (SSSR count). The van der Waals surface area contributed by atoms with E-state index in [1.54, 1.807) is 12.1 Å². The Hall–Kier alpha value is -1.80. The van der Waals surface area contributed by atoms with Gasteiger partial charge < -0.3 is 9.84 Å². The highest BCUT2D eigenvalue weighted by molar-refractivity contribution is 9.10. The molecule has 1 N–H and O–H groups in total. The number of carbonyl (C=O) groups is 1. The Labute approximate surface area is 114 Å². The molecule has 1 aromatic rings. The smallest absolute Gasteiger partial charge is 0.328 e. The molecule has 0 aliphatic carbocycles. The topological polar surface area (TPSA) is 70.3 Å². The summed E-state index contributed by atoms with van der Waals surface area (Å²) in [5.41, 5.74) is 0.684. The first-order valence-electron chi connectivity index (χ1n) is 5.34. The van der Waals surface area contributed by atoms with Crippen LogP contribution >= 0.6 is 15.9 Å². The quantitative estimate of drug-likeness (QED) is 0.647. The van der Waals surface area contributed by atoms with E-state index in [1.165, 1.54) is 6.08 Å². The van der Waals surface area contributed by atoms with Gasteiger partial charge in [-0.2, -0.15) is 5.26 Å². The van der Waals surface area contributed by atoms with E-state index in [2.05, 4.69) is 15.9 Å². The largest absolute Gasteiger partial charge is 0.493 e. The zero-order chi connectivity index (χ0) is 13.4. The molecule has 0 radical (unpaired) electrons. The number of carboxylic acid groups (broad SMARTS) is 1. The van der Waals surface area contributed by atoms with Gasteiger partial charge in [-0.15, -0.1) is 0 Å². The van der Waals surface area contributed by atoms with Crippen molar-refractivity contribution in [1.29, 1.82) is 5.26 Å². The fourth-order valence-corrected chi connectivity index (χ4v) is 1.65. The van der Waals surface area contributed by atoms with Crippen molar-refractivity contribution in [3.63, 3.8) is 0 Å². The molecule has 0 heterocycles. The number of carboxylic acids is 1. The number of ether oxygens (including phenoxy) is 1. The number of nitrogens with zero attached hydrogens (tertiary/aromatic N) is 1. The van der Waals surface area contributed by atoms with Crippen molar-refractivity contribution in [3.8, 4) is 11.8 Å². The Morgan fingerprint density at radius 1 is 1.56 bits per heavy atom. The van der Waals surface area contributed by atoms with Gasteiger partial charge in [0.15, 0.2) is 0 Å². The summed E-state index contributed by atoms with van der Waals surface area (Å²) in [5, 5.41) is 17.0. The van der Waals surface area contributed by atoms with Crippen LogP contribution in [0.15, 0.2) is 28.7 Å². The summed E-state index contributed by atoms with van der Waals surface area (Å²) in [5.74, 6) is -0.404. The van der Waals surface area contributed by atoms with E-state index in [4.69, 9.17) is 15.1 Å². The maximum atomic E-state index is 10.5. The van der Waals surface area contributed by atoms with Crippen LogP contribution in [-0.4, -0.2) is 17.7 Å². The number of hydrogen-bond acceptors (Lipinski definition) is 3. The average Bonchev–Trinajstić information content (AvgIpc) is 2.34. The summed E-state index contributed by atoms with van der Waals surface area (Å²) in [6, 6.07) is 7.39. The lowest BCUT2D eigenvalue weighted by Gasteiger charge is -2.08. The molecule has 0 fully saturated rings. The van der Waals surface area contributed by atoms with Crippen LogP contribution < -0.4 is 4.74 Å². The standard InChI is InChI=1S/C13H12BrNO3/c14-11-4-5-12(18-8-2-1-7-15)10(9-11)3-6-13(16)17/h3-6,9H,1-2,8H2,(H,16,17)/b6-3+. The third-order valence-corrected chi connectivity index (χ3v) is 2.56. The third-order valence-electron chi connectivity index (χ3n) is 2.07. The first-order valence-corrected chi connectivity index (χ1v) is 6.13. The fraction of sp³-hybridized carbons (Fsp3) is 0.231. The van der Waals surface area contributed by atoms with E-state index in [1.807, 2.05) is 12.1 Å². The van der Waals surface area contributed by atoms with E-state index in [0.717, 1.165) is 10.5 Å². The monoisotopic (exact) mass is 309 g/mol. The molecule has 1 aromatic carbocycles. The summed E-state index contributed by atoms with van der Waals surface area (Å²) in [7, 11) is 0. The molecule has 94 valence electrons. The van der Waals surface area contributed by atoms with Gasteiger partial charge in [-0.05, 0) is 30.7 Å². The minimum atomic E-state index is -1.01. The van der Waals surface area contributed by atoms with Crippen molar-refractivity contribution in [3.05, 3.63) is 34.3 Å². The van der Waals surface area contributed by atoms with Gasteiger partial charge in [-0.25, -0.2) is 4.79 Å². The van der Waals surface area contributed by atoms with E-state index in [-0.39, 0.29) is 0 Å². The zero-order valence-electron chi connectivity index (χ0n) is 9.60. The highest BCUT2D eigenvalue weighted by atomic mass is 79.9. The highest BCUT2D eigenvalue weighted by Gasteiger charge is 2.02. The van der Waals surface area contributed by atoms with Gasteiger partial charge in [-0.1, -0.05) is 15.9 Å². The Balaban J connectivity index is 2.77. The van der Waals surface area contributed by atoms with Gasteiger partial charge in [0.2, 0.25) is 0 Å². The van der Waals surface area contributed by atoms with Crippen LogP contribution in [0.2, 0.25) is 0 Å². The number of unbranched alkanes of at least 4 members (excludes halogenated alkanes) is 1. The summed E-state index contributed by atoms with van der Waals surface area (Å²) in [4.78, 5) is 10.5. The first kappa shape index (κ1) is 14.3. The SMILES string of the molecule is N#CCCCOc1ccc(Br)cc1/C=C/C(=O)O. The second-order valence-electron chi connectivity index (χ2n) is 3.46. The Bertz CT molecular complexity index is 491. The summed E-state index contributed by atoms with van der Waals surface area (Å²) < 4.78 is 6.35. The number of halogens is 1. The minimum Gasteiger partial charge on any atom is -0.493 e. The van der Waals surface area contributed by atoms with Crippen molar-refractivity contribution in [2.45, 2.75) is 12.8 Å². The number of nitriles is 1. The number of rotatable bonds is 6. The van der Waals surface area contributed by atoms with Gasteiger partial charge in [0.05, 0.1) is 12.7 Å². The van der Waals surface area contributed by atoms with Crippen molar-refractivity contribution >= 4 is 28.0 Å². The maximum Gasteiger partial charge on any atom is 0.328 e. The van der Waals surface area contributed by atoms with Crippen molar-refractivity contribution in [2.24, 2.45) is 0 Å². The lowest BCUT2D eigenvalue weighted by atomic mass is 10.2. The molecule has 0 saturated carbocycles. The van der Waals surface area contributed by atoms with Crippen LogP contribution in [0.4, 0.5) is 0 Å². The first-order chi connectivity index (χ1) is 8.63. The molecule has 5 heteroatoms. The highest BCUT2D eigenvalue weighted by Crippen LogP contribution is 2.24. The molecule has 18 heavy (non-hydrogen) atoms. The second kappa shape index (κ2) is 7.51. The van der Waals surface area contributed by atoms with Crippen LogP contribution in [0.3, 0.4) is 0 Å². The van der Waals surface area contributed by atoms with E-state index < -0.39 is 5.97 Å². The molecule has 0 aliphatic heterocycles. The molecule has 0 saturated heterocycles. The number of aliphatic carboxylic acids is 1. The molecular formula is C13H12BrNO3. The second-order valence-corrected chi connectivity index (χ2v) is 4.38. The normalized spacial score (nSPS) is 10.2. The van der Waals surface area contributed by atoms with Crippen LogP contribution in [-0.2, 0) is 4.79 Å². The minimum absolute atomic E-state index is 0.434. The predicted octanol–water partition coefficient (Wildman–Crippen LogP) is 3.23. The van der Waals surface area contributed by atoms with Gasteiger partial charge >= 0.3 is 5.97 Å². The molecule has 0 unspecified atom stereocenters. The number of benzene rings is 1. The number of hydrogen-bond donors (Lipinski definition) is 1. The summed E-state index contributed by atoms with van der Waals surface area (Å²) in [6.07, 6.45) is 3.63. The van der Waals surface area contributed by atoms with Crippen LogP contribution in [0.1, 0.15) is 18.4 Å². The fourth-order valence-electron chi connectivity index (χ4n) is 1.28. The molecular weight excluding hydrogens is 298 g/mol. The van der Waals surface area contributed by atoms with Crippen LogP contribution in [0, 0.1) is 11.3 Å². The molecule has 0 aromatic heterocycles. The van der Waals surface area contributed by atoms with Gasteiger partial charge in [0, 0.05) is 22.5 Å². The van der Waals surface area contributed by atoms with Gasteiger partial charge in [-0.3, -0.25) is 0 Å². The van der Waals surface area contributed by atoms with Gasteiger partial charge in [0.25, 0.3) is 0 Å². The van der Waals surface area contributed by atoms with Crippen molar-refractivity contribution in [2.75, 3.05) is 6.61 Å². The molecule has 0 amide bonds. The Morgan fingerprint density at radius 2 is 2.33 bits per heavy atom. The van der Waals surface area contributed by atoms with Crippen LogP contribution in [0.5, 0.6) is 5.75 Å².